The third-order valence-electron chi connectivity index (χ3n) is 2.86. The molecule has 0 atom stereocenters. The van der Waals surface area contributed by atoms with E-state index in [-0.39, 0.29) is 23.1 Å². The molecule has 100 valence electrons. The summed E-state index contributed by atoms with van der Waals surface area (Å²) in [5.74, 6) is 0.462. The zero-order valence-electron chi connectivity index (χ0n) is 10.7. The Morgan fingerprint density at radius 3 is 2.68 bits per heavy atom. The van der Waals surface area contributed by atoms with Gasteiger partial charge in [0.1, 0.15) is 17.8 Å². The summed E-state index contributed by atoms with van der Waals surface area (Å²) in [7, 11) is 0. The summed E-state index contributed by atoms with van der Waals surface area (Å²) >= 11 is 5.68. The summed E-state index contributed by atoms with van der Waals surface area (Å²) in [5, 5.41) is 0.0281. The molecule has 1 heterocycles. The van der Waals surface area contributed by atoms with Gasteiger partial charge in [-0.3, -0.25) is 4.79 Å². The summed E-state index contributed by atoms with van der Waals surface area (Å²) in [6.07, 6.45) is 1.64. The molecule has 4 heteroatoms. The molecule has 0 fully saturated rings. The molecule has 0 aliphatic rings. The van der Waals surface area contributed by atoms with E-state index in [0.717, 1.165) is 5.76 Å². The fourth-order valence-corrected chi connectivity index (χ4v) is 1.94. The van der Waals surface area contributed by atoms with E-state index in [1.807, 2.05) is 13.8 Å². The molecule has 0 N–H and O–H groups in total. The zero-order valence-corrected chi connectivity index (χ0v) is 11.5. The fourth-order valence-electron chi connectivity index (χ4n) is 1.74. The molecule has 0 saturated carbocycles. The Morgan fingerprint density at radius 2 is 2.11 bits per heavy atom. The average molecular weight is 281 g/mol. The summed E-state index contributed by atoms with van der Waals surface area (Å²) in [6, 6.07) is 6.04. The zero-order chi connectivity index (χ0) is 14.0. The van der Waals surface area contributed by atoms with Crippen molar-refractivity contribution in [1.82, 2.24) is 0 Å². The topological polar surface area (TPSA) is 30.2 Å². The van der Waals surface area contributed by atoms with E-state index < -0.39 is 5.82 Å². The molecule has 0 bridgehead atoms. The van der Waals surface area contributed by atoms with Crippen molar-refractivity contribution in [2.24, 2.45) is 0 Å². The number of carbonyl (C=O) groups excluding carboxylic acids is 1. The highest BCUT2D eigenvalue weighted by atomic mass is 35.5. The first-order valence-corrected chi connectivity index (χ1v) is 6.40. The summed E-state index contributed by atoms with van der Waals surface area (Å²) in [6.45, 7) is 3.99. The molecule has 0 unspecified atom stereocenters. The van der Waals surface area contributed by atoms with Gasteiger partial charge in [0.2, 0.25) is 0 Å². The van der Waals surface area contributed by atoms with Gasteiger partial charge >= 0.3 is 0 Å². The molecule has 0 aliphatic heterocycles. The lowest BCUT2D eigenvalue weighted by atomic mass is 10.0. The van der Waals surface area contributed by atoms with Gasteiger partial charge in [-0.05, 0) is 23.8 Å². The second-order valence-corrected chi connectivity index (χ2v) is 5.15. The minimum atomic E-state index is -0.483. The van der Waals surface area contributed by atoms with Crippen LogP contribution in [0.3, 0.4) is 0 Å². The molecule has 0 aliphatic carbocycles. The molecular formula is C15H14ClFO2. The number of hydrogen-bond acceptors (Lipinski definition) is 2. The van der Waals surface area contributed by atoms with Gasteiger partial charge in [0, 0.05) is 12.3 Å². The Labute approximate surface area is 116 Å². The Kier molecular flexibility index (Phi) is 4.05. The number of Topliss-reactive ketones (excluding diaryl/α,β-unsaturated/α-hetero) is 1. The van der Waals surface area contributed by atoms with Gasteiger partial charge in [-0.25, -0.2) is 4.39 Å². The lowest BCUT2D eigenvalue weighted by Crippen LogP contribution is -2.02. The first-order valence-electron chi connectivity index (χ1n) is 6.03. The van der Waals surface area contributed by atoms with Gasteiger partial charge < -0.3 is 4.42 Å². The third-order valence-corrected chi connectivity index (χ3v) is 3.15. The molecule has 2 rings (SSSR count). The molecule has 1 aromatic heterocycles. The summed E-state index contributed by atoms with van der Waals surface area (Å²) in [5.41, 5.74) is 1.22. The van der Waals surface area contributed by atoms with E-state index >= 15 is 0 Å². The van der Waals surface area contributed by atoms with E-state index in [0.29, 0.717) is 11.1 Å². The van der Waals surface area contributed by atoms with Crippen LogP contribution in [0.2, 0.25) is 5.02 Å². The monoisotopic (exact) mass is 280 g/mol. The van der Waals surface area contributed by atoms with Crippen molar-refractivity contribution in [3.8, 4) is 0 Å². The quantitative estimate of drug-likeness (QED) is 0.765. The van der Waals surface area contributed by atoms with Crippen molar-refractivity contribution < 1.29 is 13.6 Å². The van der Waals surface area contributed by atoms with Crippen LogP contribution in [0.25, 0.3) is 0 Å². The van der Waals surface area contributed by atoms with Crippen LogP contribution in [-0.2, 0) is 6.42 Å². The molecule has 2 aromatic rings. The smallest absolute Gasteiger partial charge is 0.170 e. The van der Waals surface area contributed by atoms with Crippen LogP contribution < -0.4 is 0 Å². The van der Waals surface area contributed by atoms with Crippen LogP contribution in [0.15, 0.2) is 34.9 Å². The molecule has 19 heavy (non-hydrogen) atoms. The fraction of sp³-hybridized carbons (Fsp3) is 0.267. The molecule has 2 nitrogen and oxygen atoms in total. The third kappa shape index (κ3) is 3.24. The number of furan rings is 1. The van der Waals surface area contributed by atoms with Crippen LogP contribution in [0.4, 0.5) is 4.39 Å². The largest absolute Gasteiger partial charge is 0.468 e. The van der Waals surface area contributed by atoms with Crippen molar-refractivity contribution >= 4 is 17.4 Å². The maximum atomic E-state index is 13.0. The van der Waals surface area contributed by atoms with E-state index in [2.05, 4.69) is 0 Å². The maximum Gasteiger partial charge on any atom is 0.170 e. The highest BCUT2D eigenvalue weighted by molar-refractivity contribution is 6.30. The predicted octanol–water partition coefficient (Wildman–Crippen LogP) is 4.62. The molecule has 0 spiro atoms. The highest BCUT2D eigenvalue weighted by Gasteiger charge is 2.13. The van der Waals surface area contributed by atoms with Crippen molar-refractivity contribution in [3.63, 3.8) is 0 Å². The number of carbonyl (C=O) groups is 1. The van der Waals surface area contributed by atoms with Crippen LogP contribution >= 0.6 is 11.6 Å². The number of halogens is 2. The van der Waals surface area contributed by atoms with Gasteiger partial charge in [-0.2, -0.15) is 0 Å². The van der Waals surface area contributed by atoms with Crippen molar-refractivity contribution in [1.29, 1.82) is 0 Å². The van der Waals surface area contributed by atoms with Crippen LogP contribution in [0, 0.1) is 5.82 Å². The molecule has 0 amide bonds. The van der Waals surface area contributed by atoms with E-state index in [9.17, 15) is 9.18 Å². The number of ketones is 1. The predicted molar refractivity (Wildman–Crippen MR) is 72.2 cm³/mol. The Morgan fingerprint density at radius 1 is 1.37 bits per heavy atom. The van der Waals surface area contributed by atoms with E-state index in [1.165, 1.54) is 18.4 Å². The summed E-state index contributed by atoms with van der Waals surface area (Å²) in [4.78, 5) is 12.0. The van der Waals surface area contributed by atoms with Crippen molar-refractivity contribution in [2.75, 3.05) is 0 Å². The lowest BCUT2D eigenvalue weighted by molar-refractivity contribution is 0.0992. The molecular weight excluding hydrogens is 267 g/mol. The van der Waals surface area contributed by atoms with Gasteiger partial charge in [-0.15, -0.1) is 0 Å². The van der Waals surface area contributed by atoms with Crippen molar-refractivity contribution in [2.45, 2.75) is 26.2 Å². The molecule has 0 radical (unpaired) electrons. The lowest BCUT2D eigenvalue weighted by Gasteiger charge is -2.01. The number of benzene rings is 1. The average Bonchev–Trinajstić information content (AvgIpc) is 2.83. The van der Waals surface area contributed by atoms with Crippen molar-refractivity contribution in [3.05, 3.63) is 58.3 Å². The van der Waals surface area contributed by atoms with Crippen LogP contribution in [0.5, 0.6) is 0 Å². The minimum Gasteiger partial charge on any atom is -0.468 e. The van der Waals surface area contributed by atoms with Gasteiger partial charge in [0.25, 0.3) is 0 Å². The van der Waals surface area contributed by atoms with Gasteiger partial charge in [0.15, 0.2) is 5.78 Å². The highest BCUT2D eigenvalue weighted by Crippen LogP contribution is 2.20. The van der Waals surface area contributed by atoms with Crippen LogP contribution in [-0.4, -0.2) is 5.78 Å². The Bertz CT molecular complexity index is 602. The second kappa shape index (κ2) is 5.57. The SMILES string of the molecule is CC(C)c1cc(C(=O)Cc2ccc(F)c(Cl)c2)co1. The Balaban J connectivity index is 2.13. The van der Waals surface area contributed by atoms with E-state index in [1.54, 1.807) is 12.1 Å². The van der Waals surface area contributed by atoms with Gasteiger partial charge in [-0.1, -0.05) is 31.5 Å². The van der Waals surface area contributed by atoms with E-state index in [4.69, 9.17) is 16.0 Å². The minimum absolute atomic E-state index is 0.0281. The second-order valence-electron chi connectivity index (χ2n) is 4.74. The number of rotatable bonds is 4. The summed E-state index contributed by atoms with van der Waals surface area (Å²) < 4.78 is 18.3. The first-order chi connectivity index (χ1) is 8.97. The maximum absolute atomic E-state index is 13.0. The van der Waals surface area contributed by atoms with Crippen LogP contribution in [0.1, 0.15) is 41.4 Å². The Hall–Kier alpha value is -1.61. The first kappa shape index (κ1) is 13.8. The number of hydrogen-bond donors (Lipinski definition) is 0. The normalized spacial score (nSPS) is 11.0. The molecule has 1 aromatic carbocycles. The molecule has 0 saturated heterocycles. The van der Waals surface area contributed by atoms with Gasteiger partial charge in [0.05, 0.1) is 10.6 Å². The standard InChI is InChI=1S/C15H14ClFO2/c1-9(2)15-7-11(8-19-15)14(18)6-10-3-4-13(17)12(16)5-10/h3-5,7-9H,6H2,1-2H3.